The third kappa shape index (κ3) is 2.39. The minimum Gasteiger partial charge on any atom is -0.288 e. The molecule has 0 saturated carbocycles. The Balaban J connectivity index is 1.83. The van der Waals surface area contributed by atoms with E-state index in [1.807, 2.05) is 6.07 Å². The second-order valence-corrected chi connectivity index (χ2v) is 6.41. The van der Waals surface area contributed by atoms with Crippen molar-refractivity contribution < 1.29 is 4.79 Å². The van der Waals surface area contributed by atoms with Crippen LogP contribution in [0, 0.1) is 11.3 Å². The minimum absolute atomic E-state index is 0.0285. The first-order chi connectivity index (χ1) is 12.6. The van der Waals surface area contributed by atoms with Crippen molar-refractivity contribution in [3.8, 4) is 17.3 Å². The molecule has 0 aromatic heterocycles. The van der Waals surface area contributed by atoms with Crippen LogP contribution in [0.25, 0.3) is 22.0 Å². The molecular weight excluding hydrogens is 396 g/mol. The Morgan fingerprint density at radius 2 is 1.81 bits per heavy atom. The highest BCUT2D eigenvalue weighted by Crippen LogP contribution is 2.28. The van der Waals surface area contributed by atoms with Crippen LogP contribution < -0.4 is 16.3 Å². The van der Waals surface area contributed by atoms with Crippen LogP contribution in [-0.4, -0.2) is 10.9 Å². The fourth-order valence-corrected chi connectivity index (χ4v) is 3.35. The van der Waals surface area contributed by atoms with Crippen LogP contribution in [0.3, 0.4) is 0 Å². The van der Waals surface area contributed by atoms with E-state index >= 15 is 0 Å². The van der Waals surface area contributed by atoms with Crippen LogP contribution in [0.5, 0.6) is 0 Å². The quantitative estimate of drug-likeness (QED) is 0.519. The molecule has 1 amide bonds. The number of aromatic nitrogens is 1. The summed E-state index contributed by atoms with van der Waals surface area (Å²) in [5.74, 6) is -0.448. The summed E-state index contributed by atoms with van der Waals surface area (Å²) in [6.45, 7) is 0. The van der Waals surface area contributed by atoms with E-state index in [1.165, 1.54) is 0 Å². The fraction of sp³-hybridized carbons (Fsp3) is 0. The molecule has 4 rings (SSSR count). The molecule has 2 aromatic rings. The molecule has 7 heteroatoms. The monoisotopic (exact) mass is 404 g/mol. The molecule has 1 aliphatic heterocycles. The maximum absolute atomic E-state index is 12.6. The molecule has 1 aliphatic carbocycles. The number of fused-ring (bicyclic) bond motifs is 3. The molecule has 0 bridgehead atoms. The first kappa shape index (κ1) is 16.1. The minimum atomic E-state index is -0.448. The third-order valence-electron chi connectivity index (χ3n) is 4.08. The van der Waals surface area contributed by atoms with Gasteiger partial charge in [-0.2, -0.15) is 10.4 Å². The van der Waals surface area contributed by atoms with E-state index in [0.717, 1.165) is 0 Å². The Morgan fingerprint density at radius 3 is 2.54 bits per heavy atom. The van der Waals surface area contributed by atoms with Gasteiger partial charge in [-0.1, -0.05) is 36.4 Å². The van der Waals surface area contributed by atoms with Crippen molar-refractivity contribution in [3.63, 3.8) is 0 Å². The summed E-state index contributed by atoms with van der Waals surface area (Å²) < 4.78 is 0.621. The van der Waals surface area contributed by atoms with E-state index in [1.54, 1.807) is 48.5 Å². The van der Waals surface area contributed by atoms with Crippen molar-refractivity contribution in [1.82, 2.24) is 10.4 Å². The Hall–Kier alpha value is -3.37. The molecule has 26 heavy (non-hydrogen) atoms. The summed E-state index contributed by atoms with van der Waals surface area (Å²) in [4.78, 5) is 29.1. The predicted octanol–water partition coefficient (Wildman–Crippen LogP) is 2.46. The predicted molar refractivity (Wildman–Crippen MR) is 98.9 cm³/mol. The SMILES string of the molecule is N#Cc1c2c(=O)c3ccccc3c-2n/c1=N/NC(=O)c1ccccc1Br. The number of nitrogens with one attached hydrogen (secondary N) is 1. The van der Waals surface area contributed by atoms with E-state index < -0.39 is 5.91 Å². The van der Waals surface area contributed by atoms with Crippen molar-refractivity contribution in [1.29, 1.82) is 5.26 Å². The lowest BCUT2D eigenvalue weighted by Crippen LogP contribution is -2.23. The van der Waals surface area contributed by atoms with Crippen LogP contribution in [0.4, 0.5) is 0 Å². The number of nitrogens with zero attached hydrogens (tertiary/aromatic N) is 3. The van der Waals surface area contributed by atoms with Crippen molar-refractivity contribution in [2.75, 3.05) is 0 Å². The van der Waals surface area contributed by atoms with Crippen molar-refractivity contribution in [2.45, 2.75) is 0 Å². The van der Waals surface area contributed by atoms with Gasteiger partial charge in [-0.15, -0.1) is 0 Å². The summed E-state index contributed by atoms with van der Waals surface area (Å²) in [7, 11) is 0. The van der Waals surface area contributed by atoms with Crippen molar-refractivity contribution >= 4 is 32.6 Å². The van der Waals surface area contributed by atoms with E-state index in [4.69, 9.17) is 0 Å². The van der Waals surface area contributed by atoms with Gasteiger partial charge in [-0.3, -0.25) is 9.59 Å². The zero-order valence-electron chi connectivity index (χ0n) is 13.2. The zero-order chi connectivity index (χ0) is 18.3. The number of nitriles is 1. The van der Waals surface area contributed by atoms with Crippen LogP contribution in [0.15, 0.2) is 62.9 Å². The molecule has 2 aromatic carbocycles. The summed E-state index contributed by atoms with van der Waals surface area (Å²) in [6.07, 6.45) is 0. The summed E-state index contributed by atoms with van der Waals surface area (Å²) >= 11 is 3.30. The normalized spacial score (nSPS) is 11.8. The molecule has 1 heterocycles. The molecule has 124 valence electrons. The van der Waals surface area contributed by atoms with Crippen LogP contribution in [-0.2, 0) is 0 Å². The third-order valence-corrected chi connectivity index (χ3v) is 4.77. The van der Waals surface area contributed by atoms with Gasteiger partial charge in [0.15, 0.2) is 10.9 Å². The lowest BCUT2D eigenvalue weighted by Gasteiger charge is -2.01. The number of benzene rings is 2. The van der Waals surface area contributed by atoms with Gasteiger partial charge in [0.2, 0.25) is 0 Å². The average molecular weight is 405 g/mol. The number of carbonyl (C=O) groups is 1. The standard InChI is InChI=1S/C19H9BrN4O2/c20-14-8-4-3-7-12(14)19(26)24-23-18-13(9-21)15-16(22-18)10-5-1-2-6-11(10)17(15)25/h1-8H,(H,24,26)/b23-18+. The van der Waals surface area contributed by atoms with Gasteiger partial charge in [0.25, 0.3) is 5.91 Å². The van der Waals surface area contributed by atoms with Crippen LogP contribution in [0.1, 0.15) is 15.9 Å². The Morgan fingerprint density at radius 1 is 1.12 bits per heavy atom. The highest BCUT2D eigenvalue weighted by molar-refractivity contribution is 9.10. The van der Waals surface area contributed by atoms with Gasteiger partial charge in [-0.05, 0) is 28.1 Å². The fourth-order valence-electron chi connectivity index (χ4n) is 2.88. The summed E-state index contributed by atoms with van der Waals surface area (Å²) in [5, 5.41) is 14.6. The van der Waals surface area contributed by atoms with E-state index in [9.17, 15) is 14.9 Å². The number of carbonyl (C=O) groups excluding carboxylic acids is 1. The number of hydrogen-bond donors (Lipinski definition) is 1. The zero-order valence-corrected chi connectivity index (χ0v) is 14.7. The molecule has 0 fully saturated rings. The molecule has 0 spiro atoms. The van der Waals surface area contributed by atoms with Gasteiger partial charge in [0.05, 0.1) is 16.8 Å². The maximum atomic E-state index is 12.6. The lowest BCUT2D eigenvalue weighted by atomic mass is 10.2. The first-order valence-corrected chi connectivity index (χ1v) is 8.41. The number of amides is 1. The summed E-state index contributed by atoms with van der Waals surface area (Å²) in [5.41, 5.74) is 3.29. The van der Waals surface area contributed by atoms with E-state index in [-0.39, 0.29) is 22.0 Å². The topological polar surface area (TPSA) is 95.2 Å². The van der Waals surface area contributed by atoms with Crippen molar-refractivity contribution in [3.05, 3.63) is 79.8 Å². The largest absolute Gasteiger partial charge is 0.288 e. The smallest absolute Gasteiger partial charge is 0.272 e. The average Bonchev–Trinajstić information content (AvgIpc) is 3.16. The lowest BCUT2D eigenvalue weighted by molar-refractivity contribution is 0.0952. The number of halogens is 1. The Labute approximate surface area is 155 Å². The van der Waals surface area contributed by atoms with Gasteiger partial charge < -0.3 is 0 Å². The molecule has 0 atom stereocenters. The van der Waals surface area contributed by atoms with E-state index in [0.29, 0.717) is 26.5 Å². The highest BCUT2D eigenvalue weighted by atomic mass is 79.9. The second kappa shape index (κ2) is 6.17. The molecule has 2 aliphatic rings. The van der Waals surface area contributed by atoms with Crippen LogP contribution in [0.2, 0.25) is 0 Å². The highest BCUT2D eigenvalue weighted by Gasteiger charge is 2.25. The Bertz CT molecular complexity index is 1280. The van der Waals surface area contributed by atoms with Crippen molar-refractivity contribution in [2.24, 2.45) is 5.10 Å². The molecular formula is C19H9BrN4O2. The molecule has 6 nitrogen and oxygen atoms in total. The van der Waals surface area contributed by atoms with E-state index in [2.05, 4.69) is 31.4 Å². The number of rotatable bonds is 2. The van der Waals surface area contributed by atoms with Crippen LogP contribution >= 0.6 is 15.9 Å². The molecule has 1 N–H and O–H groups in total. The summed E-state index contributed by atoms with van der Waals surface area (Å²) in [6, 6.07) is 15.9. The molecule has 0 saturated heterocycles. The van der Waals surface area contributed by atoms with Gasteiger partial charge >= 0.3 is 0 Å². The second-order valence-electron chi connectivity index (χ2n) is 5.55. The van der Waals surface area contributed by atoms with Gasteiger partial charge in [-0.25, -0.2) is 10.4 Å². The number of hydrogen-bond acceptors (Lipinski definition) is 5. The maximum Gasteiger partial charge on any atom is 0.272 e. The van der Waals surface area contributed by atoms with Gasteiger partial charge in [0, 0.05) is 15.2 Å². The van der Waals surface area contributed by atoms with Gasteiger partial charge in [0.1, 0.15) is 11.6 Å². The Kier molecular flexibility index (Phi) is 3.82. The first-order valence-electron chi connectivity index (χ1n) is 7.62. The molecule has 0 unspecified atom stereocenters. The molecule has 0 radical (unpaired) electrons.